The first-order valence-electron chi connectivity index (χ1n) is 21.0. The topological polar surface area (TPSA) is 149 Å². The van der Waals surface area contributed by atoms with Gasteiger partial charge in [0.05, 0.1) is 46.6 Å². The van der Waals surface area contributed by atoms with E-state index in [0.29, 0.717) is 48.7 Å². The van der Waals surface area contributed by atoms with Crippen LogP contribution in [0.4, 0.5) is 45.2 Å². The Bertz CT molecular complexity index is 2630. The van der Waals surface area contributed by atoms with Crippen molar-refractivity contribution >= 4 is 58.0 Å². The second-order valence-corrected chi connectivity index (χ2v) is 17.5. The SMILES string of the molecule is CNc1cc(N2CCc3c(-c4ccc(OC5CC6(CCN(C(c7ccc(Cl)c(N8CCC(=O)NC8=O)c7)C(F)(F)F)CC6)C5)cn4)cccc32)nn2c(C(=O)N[C@@H]3C[C@@H]3F)cnc12. The number of nitrogens with one attached hydrogen (secondary N) is 3. The molecule has 2 aromatic carbocycles. The minimum atomic E-state index is -4.58. The average molecular weight is 887 g/mol. The second-order valence-electron chi connectivity index (χ2n) is 17.1. The highest BCUT2D eigenvalue weighted by molar-refractivity contribution is 6.34. The zero-order chi connectivity index (χ0) is 43.8. The van der Waals surface area contributed by atoms with Crippen molar-refractivity contribution in [2.24, 2.45) is 5.41 Å². The maximum atomic E-state index is 14.7. The van der Waals surface area contributed by atoms with Crippen LogP contribution in [0.1, 0.15) is 66.2 Å². The molecule has 4 amide bonds. The molecule has 5 aromatic rings. The van der Waals surface area contributed by atoms with Crippen LogP contribution < -0.4 is 30.5 Å². The fourth-order valence-corrected chi connectivity index (χ4v) is 9.88. The highest BCUT2D eigenvalue weighted by Crippen LogP contribution is 2.53. The summed E-state index contributed by atoms with van der Waals surface area (Å²) in [5.41, 5.74) is 5.21. The molecule has 4 fully saturated rings. The number of anilines is 4. The first-order valence-corrected chi connectivity index (χ1v) is 21.4. The minimum absolute atomic E-state index is 0.0108. The molecule has 2 saturated heterocycles. The summed E-state index contributed by atoms with van der Waals surface area (Å²) in [6, 6.07) is 12.7. The van der Waals surface area contributed by atoms with Gasteiger partial charge in [-0.25, -0.2) is 18.7 Å². The van der Waals surface area contributed by atoms with E-state index in [0.717, 1.165) is 41.8 Å². The summed E-state index contributed by atoms with van der Waals surface area (Å²) >= 11 is 6.35. The number of nitrogens with zero attached hydrogens (tertiary/aromatic N) is 7. The van der Waals surface area contributed by atoms with Crippen LogP contribution in [0.3, 0.4) is 0 Å². The van der Waals surface area contributed by atoms with E-state index in [4.69, 9.17) is 26.4 Å². The number of hydrogen-bond donors (Lipinski definition) is 3. The van der Waals surface area contributed by atoms with Gasteiger partial charge in [-0.1, -0.05) is 29.8 Å². The van der Waals surface area contributed by atoms with E-state index >= 15 is 0 Å². The molecule has 3 atom stereocenters. The minimum Gasteiger partial charge on any atom is -0.489 e. The molecule has 3 aromatic heterocycles. The predicted octanol–water partition coefficient (Wildman–Crippen LogP) is 7.39. The largest absolute Gasteiger partial charge is 0.489 e. The van der Waals surface area contributed by atoms with Crippen LogP contribution in [0.5, 0.6) is 5.75 Å². The number of fused-ring (bicyclic) bond motifs is 2. The van der Waals surface area contributed by atoms with E-state index in [1.807, 2.05) is 36.4 Å². The van der Waals surface area contributed by atoms with Crippen LogP contribution in [-0.2, 0) is 11.2 Å². The van der Waals surface area contributed by atoms with Crippen molar-refractivity contribution in [3.05, 3.63) is 88.8 Å². The fourth-order valence-electron chi connectivity index (χ4n) is 9.66. The van der Waals surface area contributed by atoms with Crippen molar-refractivity contribution in [1.29, 1.82) is 0 Å². The van der Waals surface area contributed by atoms with E-state index in [-0.39, 0.29) is 59.5 Å². The smallest absolute Gasteiger partial charge is 0.408 e. The number of aromatic nitrogens is 4. The van der Waals surface area contributed by atoms with Crippen molar-refractivity contribution in [3.8, 4) is 17.0 Å². The number of urea groups is 1. The van der Waals surface area contributed by atoms with E-state index in [9.17, 15) is 31.9 Å². The van der Waals surface area contributed by atoms with Gasteiger partial charge >= 0.3 is 12.2 Å². The van der Waals surface area contributed by atoms with Crippen LogP contribution >= 0.6 is 11.6 Å². The number of ether oxygens (including phenoxy) is 1. The van der Waals surface area contributed by atoms with Gasteiger partial charge in [-0.15, -0.1) is 5.10 Å². The number of pyridine rings is 1. The lowest BCUT2D eigenvalue weighted by Gasteiger charge is -2.52. The summed E-state index contributed by atoms with van der Waals surface area (Å²) in [6.45, 7) is 1.15. The number of carbonyl (C=O) groups excluding carboxylic acids is 3. The summed E-state index contributed by atoms with van der Waals surface area (Å²) in [6.07, 6.45) is 1.14. The Labute approximate surface area is 363 Å². The highest BCUT2D eigenvalue weighted by atomic mass is 35.5. The zero-order valence-corrected chi connectivity index (χ0v) is 34.8. The number of alkyl halides is 4. The molecule has 2 aliphatic carbocycles. The number of imidazole rings is 1. The van der Waals surface area contributed by atoms with Crippen molar-refractivity contribution in [3.63, 3.8) is 0 Å². The molecule has 5 aliphatic rings. The Morgan fingerprint density at radius 1 is 0.968 bits per heavy atom. The van der Waals surface area contributed by atoms with Crippen LogP contribution in [0, 0.1) is 5.41 Å². The molecule has 0 bridgehead atoms. The van der Waals surface area contributed by atoms with Crippen molar-refractivity contribution in [2.45, 2.75) is 75.5 Å². The number of carbonyl (C=O) groups is 3. The quantitative estimate of drug-likeness (QED) is 0.121. The summed E-state index contributed by atoms with van der Waals surface area (Å²) in [4.78, 5) is 51.1. The Kier molecular flexibility index (Phi) is 10.2. The Balaban J connectivity index is 0.783. The molecule has 6 heterocycles. The molecule has 1 unspecified atom stereocenters. The molecule has 63 heavy (non-hydrogen) atoms. The number of benzene rings is 2. The Morgan fingerprint density at radius 3 is 2.44 bits per heavy atom. The monoisotopic (exact) mass is 886 g/mol. The molecule has 14 nitrogen and oxygen atoms in total. The van der Waals surface area contributed by atoms with Crippen molar-refractivity contribution in [1.82, 2.24) is 35.1 Å². The van der Waals surface area contributed by atoms with Crippen LogP contribution in [0.15, 0.2) is 67.0 Å². The lowest BCUT2D eigenvalue weighted by Crippen LogP contribution is -2.53. The van der Waals surface area contributed by atoms with E-state index in [2.05, 4.69) is 25.8 Å². The highest BCUT2D eigenvalue weighted by Gasteiger charge is 2.52. The number of hydrogen-bond acceptors (Lipinski definition) is 10. The third kappa shape index (κ3) is 7.66. The Morgan fingerprint density at radius 2 is 1.75 bits per heavy atom. The number of halogens is 5. The van der Waals surface area contributed by atoms with Crippen molar-refractivity contribution < 1.29 is 36.7 Å². The van der Waals surface area contributed by atoms with Gasteiger partial charge in [0.15, 0.2) is 17.2 Å². The number of piperidine rings is 1. The first-order chi connectivity index (χ1) is 30.3. The third-order valence-electron chi connectivity index (χ3n) is 13.1. The summed E-state index contributed by atoms with van der Waals surface area (Å²) < 4.78 is 65.6. The van der Waals surface area contributed by atoms with Gasteiger partial charge in [-0.3, -0.25) is 29.7 Å². The van der Waals surface area contributed by atoms with Gasteiger partial charge in [-0.05, 0) is 92.1 Å². The maximum Gasteiger partial charge on any atom is 0.408 e. The number of likely N-dealkylation sites (tertiary alicyclic amines) is 1. The Hall–Kier alpha value is -6.01. The predicted molar refractivity (Wildman–Crippen MR) is 226 cm³/mol. The molecule has 10 rings (SSSR count). The number of amides is 4. The lowest BCUT2D eigenvalue weighted by molar-refractivity contribution is -0.195. The third-order valence-corrected chi connectivity index (χ3v) is 13.4. The molecule has 0 radical (unpaired) electrons. The molecular formula is C44H43ClF4N10O4. The maximum absolute atomic E-state index is 14.7. The standard InChI is InChI=1S/C44H43ClF4N10O4/c1-50-33-19-37(55-59-36(23-52-40(33)59)41(61)53-32-18-30(32)46)57-13-9-28-27(3-2-4-34(28)57)31-8-6-25(22-51-31)63-26-20-43(21-26)11-15-56(16-12-43)39(44(47,48)49)24-5-7-29(45)35(17-24)58-14-10-38(60)54-42(58)62/h2-8,17,19,22-23,26,30,32,39,50H,9-16,18,20-21H2,1H3,(H,53,61)(H,54,60,62)/t30-,32+,39?/m0/s1. The van der Waals surface area contributed by atoms with E-state index in [1.54, 1.807) is 13.2 Å². The van der Waals surface area contributed by atoms with Gasteiger partial charge in [0.2, 0.25) is 5.91 Å². The van der Waals surface area contributed by atoms with Gasteiger partial charge in [0.1, 0.15) is 18.0 Å². The van der Waals surface area contributed by atoms with Crippen LogP contribution in [0.2, 0.25) is 5.02 Å². The van der Waals surface area contributed by atoms with E-state index < -0.39 is 42.3 Å². The molecule has 1 spiro atoms. The van der Waals surface area contributed by atoms with Crippen LogP contribution in [-0.4, -0.2) is 100 Å². The normalized spacial score (nSPS) is 21.6. The molecule has 3 aliphatic heterocycles. The van der Waals surface area contributed by atoms with Gasteiger partial charge in [0.25, 0.3) is 5.91 Å². The molecule has 2 saturated carbocycles. The molecule has 328 valence electrons. The molecular weight excluding hydrogens is 844 g/mol. The second kappa shape index (κ2) is 15.7. The molecule has 19 heteroatoms. The first kappa shape index (κ1) is 41.0. The van der Waals surface area contributed by atoms with Gasteiger partial charge < -0.3 is 20.3 Å². The van der Waals surface area contributed by atoms with Crippen molar-refractivity contribution in [2.75, 3.05) is 48.3 Å². The molecule has 3 N–H and O–H groups in total. The lowest BCUT2D eigenvalue weighted by atomic mass is 9.61. The van der Waals surface area contributed by atoms with E-state index in [1.165, 1.54) is 38.7 Å². The van der Waals surface area contributed by atoms with Gasteiger partial charge in [-0.2, -0.15) is 13.2 Å². The average Bonchev–Trinajstić information content (AvgIpc) is 3.57. The van der Waals surface area contributed by atoms with Gasteiger partial charge in [0, 0.05) is 50.3 Å². The number of imide groups is 1. The number of rotatable bonds is 10. The zero-order valence-electron chi connectivity index (χ0n) is 34.1. The van der Waals surface area contributed by atoms with Crippen LogP contribution in [0.25, 0.3) is 16.9 Å². The summed E-state index contributed by atoms with van der Waals surface area (Å²) in [5.74, 6) is 0.354. The summed E-state index contributed by atoms with van der Waals surface area (Å²) in [5, 5.41) is 13.0. The summed E-state index contributed by atoms with van der Waals surface area (Å²) in [7, 11) is 1.77. The fraction of sp³-hybridized carbons (Fsp3) is 0.409.